The van der Waals surface area contributed by atoms with Gasteiger partial charge in [-0.15, -0.1) is 0 Å². The van der Waals surface area contributed by atoms with E-state index < -0.39 is 11.8 Å². The first kappa shape index (κ1) is 15.4. The van der Waals surface area contributed by atoms with E-state index in [0.29, 0.717) is 11.3 Å². The summed E-state index contributed by atoms with van der Waals surface area (Å²) in [6.07, 6.45) is -0.152. The molecular weight excluding hydrogens is 309 g/mol. The molecule has 1 aliphatic carbocycles. The molecule has 0 spiro atoms. The maximum atomic E-state index is 13.1. The zero-order valence-electron chi connectivity index (χ0n) is 10.9. The highest BCUT2D eigenvalue weighted by Crippen LogP contribution is 2.37. The summed E-state index contributed by atoms with van der Waals surface area (Å²) in [5, 5.41) is 3.01. The number of halogens is 4. The number of rotatable bonds is 2. The number of alkyl halides is 2. The number of nitrogens with one attached hydrogen (secondary N) is 1. The van der Waals surface area contributed by atoms with Crippen LogP contribution >= 0.6 is 23.2 Å². The first-order chi connectivity index (χ1) is 9.28. The summed E-state index contributed by atoms with van der Waals surface area (Å²) in [4.78, 5) is 15.9. The molecule has 1 aromatic heterocycles. The summed E-state index contributed by atoms with van der Waals surface area (Å²) in [6.45, 7) is 1.74. The Morgan fingerprint density at radius 1 is 1.40 bits per heavy atom. The lowest BCUT2D eigenvalue weighted by molar-refractivity contribution is -0.124. The number of anilines is 1. The fourth-order valence-corrected chi connectivity index (χ4v) is 2.85. The lowest BCUT2D eigenvalue weighted by Gasteiger charge is -2.27. The van der Waals surface area contributed by atoms with E-state index in [4.69, 9.17) is 23.2 Å². The molecule has 0 bridgehead atoms. The van der Waals surface area contributed by atoms with Gasteiger partial charge in [-0.05, 0) is 31.4 Å². The van der Waals surface area contributed by atoms with Crippen molar-refractivity contribution < 1.29 is 13.6 Å². The monoisotopic (exact) mass is 322 g/mol. The van der Waals surface area contributed by atoms with Crippen LogP contribution in [0.4, 0.5) is 14.5 Å². The van der Waals surface area contributed by atoms with Crippen LogP contribution in [-0.2, 0) is 4.79 Å². The molecular formula is C13H14Cl2F2N2O. The number of pyridine rings is 1. The molecule has 1 saturated carbocycles. The molecule has 1 aliphatic rings. The molecule has 1 fully saturated rings. The molecule has 1 aromatic rings. The SMILES string of the molecule is Cc1cc(Cl)nc(Cl)c1NC(=O)C1CCC(F)(F)CC1. The number of carbonyl (C=O) groups excluding carboxylic acids is 1. The first-order valence-electron chi connectivity index (χ1n) is 6.30. The fraction of sp³-hybridized carbons (Fsp3) is 0.538. The minimum atomic E-state index is -2.65. The van der Waals surface area contributed by atoms with Crippen LogP contribution < -0.4 is 5.32 Å². The number of hydrogen-bond donors (Lipinski definition) is 1. The van der Waals surface area contributed by atoms with E-state index in [1.807, 2.05) is 0 Å². The Morgan fingerprint density at radius 2 is 2.00 bits per heavy atom. The number of amides is 1. The highest BCUT2D eigenvalue weighted by molar-refractivity contribution is 6.34. The lowest BCUT2D eigenvalue weighted by Crippen LogP contribution is -2.32. The minimum absolute atomic E-state index is 0.101. The summed E-state index contributed by atoms with van der Waals surface area (Å²) < 4.78 is 26.1. The van der Waals surface area contributed by atoms with E-state index in [0.717, 1.165) is 0 Å². The summed E-state index contributed by atoms with van der Waals surface area (Å²) in [7, 11) is 0. The van der Waals surface area contributed by atoms with Gasteiger partial charge >= 0.3 is 0 Å². The normalized spacial score (nSPS) is 18.9. The van der Waals surface area contributed by atoms with Crippen LogP contribution in [0.2, 0.25) is 10.3 Å². The molecule has 1 heterocycles. The molecule has 2 rings (SSSR count). The third kappa shape index (κ3) is 3.58. The smallest absolute Gasteiger partial charge is 0.248 e. The second-order valence-electron chi connectivity index (χ2n) is 5.05. The van der Waals surface area contributed by atoms with Crippen LogP contribution in [0, 0.1) is 12.8 Å². The van der Waals surface area contributed by atoms with Crippen LogP contribution in [0.1, 0.15) is 31.2 Å². The van der Waals surface area contributed by atoms with Gasteiger partial charge in [-0.2, -0.15) is 0 Å². The van der Waals surface area contributed by atoms with Gasteiger partial charge < -0.3 is 5.32 Å². The predicted molar refractivity (Wildman–Crippen MR) is 74.5 cm³/mol. The van der Waals surface area contributed by atoms with E-state index in [1.54, 1.807) is 13.0 Å². The highest BCUT2D eigenvalue weighted by atomic mass is 35.5. The first-order valence-corrected chi connectivity index (χ1v) is 7.05. The van der Waals surface area contributed by atoms with Crippen LogP contribution in [0.3, 0.4) is 0 Å². The molecule has 1 amide bonds. The quantitative estimate of drug-likeness (QED) is 0.817. The van der Waals surface area contributed by atoms with Crippen molar-refractivity contribution in [1.82, 2.24) is 4.98 Å². The number of aromatic nitrogens is 1. The molecule has 1 N–H and O–H groups in total. The van der Waals surface area contributed by atoms with Crippen molar-refractivity contribution in [2.75, 3.05) is 5.32 Å². The van der Waals surface area contributed by atoms with E-state index in [9.17, 15) is 13.6 Å². The summed E-state index contributed by atoms with van der Waals surface area (Å²) in [6, 6.07) is 1.58. The molecule has 0 atom stereocenters. The van der Waals surface area contributed by atoms with Crippen molar-refractivity contribution in [1.29, 1.82) is 0 Å². The Morgan fingerprint density at radius 3 is 2.55 bits per heavy atom. The van der Waals surface area contributed by atoms with Crippen LogP contribution in [-0.4, -0.2) is 16.8 Å². The maximum absolute atomic E-state index is 13.1. The Labute approximate surface area is 125 Å². The van der Waals surface area contributed by atoms with Gasteiger partial charge in [-0.1, -0.05) is 23.2 Å². The summed E-state index contributed by atoms with van der Waals surface area (Å²) in [5.41, 5.74) is 1.07. The van der Waals surface area contributed by atoms with E-state index >= 15 is 0 Å². The van der Waals surface area contributed by atoms with Crippen molar-refractivity contribution in [3.8, 4) is 0 Å². The van der Waals surface area contributed by atoms with Gasteiger partial charge in [-0.25, -0.2) is 13.8 Å². The van der Waals surface area contributed by atoms with Crippen molar-refractivity contribution in [2.45, 2.75) is 38.5 Å². The van der Waals surface area contributed by atoms with Gasteiger partial charge in [0, 0.05) is 18.8 Å². The second kappa shape index (κ2) is 5.82. The molecule has 0 aliphatic heterocycles. The number of carbonyl (C=O) groups is 1. The third-order valence-electron chi connectivity index (χ3n) is 3.48. The van der Waals surface area contributed by atoms with Crippen LogP contribution in [0.25, 0.3) is 0 Å². The van der Waals surface area contributed by atoms with Crippen LogP contribution in [0.15, 0.2) is 6.07 Å². The van der Waals surface area contributed by atoms with E-state index in [2.05, 4.69) is 10.3 Å². The molecule has 0 aromatic carbocycles. The highest BCUT2D eigenvalue weighted by Gasteiger charge is 2.37. The zero-order chi connectivity index (χ0) is 14.9. The molecule has 7 heteroatoms. The summed E-state index contributed by atoms with van der Waals surface area (Å²) in [5.74, 6) is -3.36. The Hall–Kier alpha value is -0.940. The number of hydrogen-bond acceptors (Lipinski definition) is 2. The average Bonchev–Trinajstić information content (AvgIpc) is 2.33. The van der Waals surface area contributed by atoms with E-state index in [-0.39, 0.29) is 41.9 Å². The Balaban J connectivity index is 2.06. The lowest BCUT2D eigenvalue weighted by atomic mass is 9.86. The average molecular weight is 323 g/mol. The van der Waals surface area contributed by atoms with Crippen molar-refractivity contribution >= 4 is 34.8 Å². The van der Waals surface area contributed by atoms with Gasteiger partial charge in [-0.3, -0.25) is 4.79 Å². The van der Waals surface area contributed by atoms with Gasteiger partial charge in [0.05, 0.1) is 5.69 Å². The molecule has 110 valence electrons. The standard InChI is InChI=1S/C13H14Cl2F2N2O/c1-7-6-9(14)18-11(15)10(7)19-12(20)8-2-4-13(16,17)5-3-8/h6,8H,2-5H2,1H3,(H,19,20). The number of aryl methyl sites for hydroxylation is 1. The van der Waals surface area contributed by atoms with Gasteiger partial charge in [0.1, 0.15) is 5.15 Å². The third-order valence-corrected chi connectivity index (χ3v) is 3.94. The minimum Gasteiger partial charge on any atom is -0.323 e. The second-order valence-corrected chi connectivity index (χ2v) is 5.79. The molecule has 0 unspecified atom stereocenters. The molecule has 3 nitrogen and oxygen atoms in total. The Kier molecular flexibility index (Phi) is 4.49. The fourth-order valence-electron chi connectivity index (χ4n) is 2.27. The molecule has 0 saturated heterocycles. The van der Waals surface area contributed by atoms with Crippen LogP contribution in [0.5, 0.6) is 0 Å². The van der Waals surface area contributed by atoms with Gasteiger partial charge in [0.25, 0.3) is 0 Å². The van der Waals surface area contributed by atoms with Gasteiger partial charge in [0.15, 0.2) is 5.15 Å². The maximum Gasteiger partial charge on any atom is 0.248 e. The Bertz CT molecular complexity index is 504. The van der Waals surface area contributed by atoms with Crippen molar-refractivity contribution in [3.63, 3.8) is 0 Å². The summed E-state index contributed by atoms with van der Waals surface area (Å²) >= 11 is 11.7. The topological polar surface area (TPSA) is 42.0 Å². The predicted octanol–water partition coefficient (Wildman–Crippen LogP) is 4.46. The van der Waals surface area contributed by atoms with Crippen molar-refractivity contribution in [2.24, 2.45) is 5.92 Å². The van der Waals surface area contributed by atoms with Gasteiger partial charge in [0.2, 0.25) is 11.8 Å². The molecule has 0 radical (unpaired) electrons. The van der Waals surface area contributed by atoms with Crippen molar-refractivity contribution in [3.05, 3.63) is 21.9 Å². The zero-order valence-corrected chi connectivity index (χ0v) is 12.4. The molecule has 20 heavy (non-hydrogen) atoms. The largest absolute Gasteiger partial charge is 0.323 e. The van der Waals surface area contributed by atoms with E-state index in [1.165, 1.54) is 0 Å². The number of nitrogens with zero attached hydrogens (tertiary/aromatic N) is 1.